The Morgan fingerprint density at radius 2 is 2.18 bits per heavy atom. The fourth-order valence-corrected chi connectivity index (χ4v) is 3.05. The van der Waals surface area contributed by atoms with Crippen LogP contribution in [0.4, 0.5) is 0 Å². The van der Waals surface area contributed by atoms with Crippen LogP contribution in [0.2, 0.25) is 0 Å². The average molecular weight is 255 g/mol. The van der Waals surface area contributed by atoms with Gasteiger partial charge in [0.2, 0.25) is 0 Å². The summed E-state index contributed by atoms with van der Waals surface area (Å²) in [6.07, 6.45) is 2.36. The number of hydrogen-bond acceptors (Lipinski definition) is 3. The Morgan fingerprint density at radius 1 is 1.41 bits per heavy atom. The molecular formula is C14H25NOS. The number of hydrogen-bond donors (Lipinski definition) is 1. The average Bonchev–Trinajstić information content (AvgIpc) is 2.79. The van der Waals surface area contributed by atoms with Gasteiger partial charge in [0.1, 0.15) is 0 Å². The summed E-state index contributed by atoms with van der Waals surface area (Å²) in [5.41, 5.74) is 0. The lowest BCUT2D eigenvalue weighted by atomic mass is 10.0. The van der Waals surface area contributed by atoms with Crippen molar-refractivity contribution in [3.05, 3.63) is 22.4 Å². The van der Waals surface area contributed by atoms with Crippen molar-refractivity contribution in [2.24, 2.45) is 5.92 Å². The third kappa shape index (κ3) is 4.78. The highest BCUT2D eigenvalue weighted by Crippen LogP contribution is 2.26. The van der Waals surface area contributed by atoms with Crippen molar-refractivity contribution in [2.75, 3.05) is 13.7 Å². The number of methoxy groups -OCH3 is 1. The molecule has 0 saturated heterocycles. The largest absolute Gasteiger partial charge is 0.383 e. The van der Waals surface area contributed by atoms with Crippen LogP contribution in [0, 0.1) is 5.92 Å². The van der Waals surface area contributed by atoms with Gasteiger partial charge in [-0.1, -0.05) is 33.3 Å². The second-order valence-corrected chi connectivity index (χ2v) is 5.82. The molecule has 0 spiro atoms. The van der Waals surface area contributed by atoms with E-state index in [1.54, 1.807) is 7.11 Å². The normalized spacial score (nSPS) is 15.1. The zero-order chi connectivity index (χ0) is 12.7. The van der Waals surface area contributed by atoms with Crippen LogP contribution in [0.5, 0.6) is 0 Å². The number of nitrogens with one attached hydrogen (secondary N) is 1. The molecule has 0 aliphatic rings. The van der Waals surface area contributed by atoms with Crippen molar-refractivity contribution >= 4 is 11.3 Å². The van der Waals surface area contributed by atoms with E-state index in [0.29, 0.717) is 18.0 Å². The lowest BCUT2D eigenvalue weighted by molar-refractivity contribution is 0.151. The van der Waals surface area contributed by atoms with Gasteiger partial charge in [0, 0.05) is 24.1 Å². The maximum atomic E-state index is 5.30. The standard InChI is InChI=1S/C14H25NOS/c1-5-7-12(10-16-4)15-14(11(2)3)13-8-6-9-17-13/h6,8-9,11-12,14-15H,5,7,10H2,1-4H3. The van der Waals surface area contributed by atoms with Gasteiger partial charge in [0.05, 0.1) is 6.61 Å². The Balaban J connectivity index is 2.64. The van der Waals surface area contributed by atoms with Crippen LogP contribution in [-0.2, 0) is 4.74 Å². The molecule has 2 nitrogen and oxygen atoms in total. The molecule has 2 unspecified atom stereocenters. The molecule has 0 radical (unpaired) electrons. The lowest BCUT2D eigenvalue weighted by Gasteiger charge is -2.27. The summed E-state index contributed by atoms with van der Waals surface area (Å²) >= 11 is 1.83. The van der Waals surface area contributed by atoms with E-state index in [2.05, 4.69) is 43.6 Å². The molecule has 1 aromatic heterocycles. The lowest BCUT2D eigenvalue weighted by Crippen LogP contribution is -2.38. The van der Waals surface area contributed by atoms with Gasteiger partial charge in [0.25, 0.3) is 0 Å². The Hall–Kier alpha value is -0.380. The highest BCUT2D eigenvalue weighted by Gasteiger charge is 2.20. The summed E-state index contributed by atoms with van der Waals surface area (Å²) in [6.45, 7) is 7.56. The fourth-order valence-electron chi connectivity index (χ4n) is 2.09. The fraction of sp³-hybridized carbons (Fsp3) is 0.714. The molecule has 17 heavy (non-hydrogen) atoms. The molecular weight excluding hydrogens is 230 g/mol. The summed E-state index contributed by atoms with van der Waals surface area (Å²) in [6, 6.07) is 5.25. The first-order valence-electron chi connectivity index (χ1n) is 6.47. The van der Waals surface area contributed by atoms with Crippen LogP contribution in [0.1, 0.15) is 44.5 Å². The third-order valence-corrected chi connectivity index (χ3v) is 3.89. The number of thiophene rings is 1. The van der Waals surface area contributed by atoms with Gasteiger partial charge >= 0.3 is 0 Å². The van der Waals surface area contributed by atoms with Crippen molar-refractivity contribution < 1.29 is 4.74 Å². The summed E-state index contributed by atoms with van der Waals surface area (Å²) < 4.78 is 5.30. The van der Waals surface area contributed by atoms with Gasteiger partial charge < -0.3 is 10.1 Å². The highest BCUT2D eigenvalue weighted by atomic mass is 32.1. The Labute approximate surface area is 109 Å². The van der Waals surface area contributed by atoms with Crippen LogP contribution in [-0.4, -0.2) is 19.8 Å². The van der Waals surface area contributed by atoms with E-state index in [4.69, 9.17) is 4.74 Å². The van der Waals surface area contributed by atoms with Crippen LogP contribution in [0.3, 0.4) is 0 Å². The topological polar surface area (TPSA) is 21.3 Å². The molecule has 0 aromatic carbocycles. The van der Waals surface area contributed by atoms with Crippen LogP contribution >= 0.6 is 11.3 Å². The molecule has 98 valence electrons. The molecule has 1 aromatic rings. The molecule has 1 heterocycles. The van der Waals surface area contributed by atoms with Crippen molar-refractivity contribution in [3.8, 4) is 0 Å². The monoisotopic (exact) mass is 255 g/mol. The first kappa shape index (κ1) is 14.7. The predicted octanol–water partition coefficient (Wildman–Crippen LogP) is 3.85. The van der Waals surface area contributed by atoms with E-state index in [1.807, 2.05) is 11.3 Å². The summed E-state index contributed by atoms with van der Waals surface area (Å²) in [5.74, 6) is 0.602. The molecule has 0 fully saturated rings. The van der Waals surface area contributed by atoms with Crippen molar-refractivity contribution in [1.29, 1.82) is 0 Å². The van der Waals surface area contributed by atoms with E-state index in [9.17, 15) is 0 Å². The molecule has 3 heteroatoms. The Morgan fingerprint density at radius 3 is 2.65 bits per heavy atom. The van der Waals surface area contributed by atoms with Gasteiger partial charge in [-0.15, -0.1) is 11.3 Å². The van der Waals surface area contributed by atoms with Gasteiger partial charge in [-0.2, -0.15) is 0 Å². The minimum atomic E-state index is 0.446. The molecule has 1 rings (SSSR count). The van der Waals surface area contributed by atoms with E-state index < -0.39 is 0 Å². The molecule has 0 saturated carbocycles. The minimum absolute atomic E-state index is 0.446. The van der Waals surface area contributed by atoms with Crippen molar-refractivity contribution in [1.82, 2.24) is 5.32 Å². The number of rotatable bonds is 8. The first-order chi connectivity index (χ1) is 8.19. The van der Waals surface area contributed by atoms with Crippen LogP contribution in [0.15, 0.2) is 17.5 Å². The maximum absolute atomic E-state index is 5.30. The van der Waals surface area contributed by atoms with E-state index in [0.717, 1.165) is 6.61 Å². The molecule has 0 aliphatic carbocycles. The van der Waals surface area contributed by atoms with Crippen molar-refractivity contribution in [3.63, 3.8) is 0 Å². The van der Waals surface area contributed by atoms with Crippen LogP contribution < -0.4 is 5.32 Å². The Bertz CT molecular complexity index is 278. The van der Waals surface area contributed by atoms with Gasteiger partial charge in [-0.05, 0) is 23.8 Å². The van der Waals surface area contributed by atoms with E-state index >= 15 is 0 Å². The molecule has 2 atom stereocenters. The second-order valence-electron chi connectivity index (χ2n) is 4.84. The molecule has 1 N–H and O–H groups in total. The zero-order valence-corrected chi connectivity index (χ0v) is 12.2. The number of ether oxygens (including phenoxy) is 1. The summed E-state index contributed by atoms with van der Waals surface area (Å²) in [5, 5.41) is 5.89. The first-order valence-corrected chi connectivity index (χ1v) is 7.35. The van der Waals surface area contributed by atoms with Gasteiger partial charge in [0.15, 0.2) is 0 Å². The SMILES string of the molecule is CCCC(COC)NC(c1cccs1)C(C)C. The van der Waals surface area contributed by atoms with E-state index in [-0.39, 0.29) is 0 Å². The zero-order valence-electron chi connectivity index (χ0n) is 11.4. The molecule has 0 amide bonds. The van der Waals surface area contributed by atoms with Crippen molar-refractivity contribution in [2.45, 2.75) is 45.7 Å². The summed E-state index contributed by atoms with van der Waals surface area (Å²) in [7, 11) is 1.78. The minimum Gasteiger partial charge on any atom is -0.383 e. The maximum Gasteiger partial charge on any atom is 0.0616 e. The Kier molecular flexibility index (Phi) is 6.78. The summed E-state index contributed by atoms with van der Waals surface area (Å²) in [4.78, 5) is 1.43. The third-order valence-electron chi connectivity index (χ3n) is 2.94. The molecule has 0 aliphatic heterocycles. The highest BCUT2D eigenvalue weighted by molar-refractivity contribution is 7.10. The quantitative estimate of drug-likeness (QED) is 0.762. The smallest absolute Gasteiger partial charge is 0.0616 e. The molecule has 0 bridgehead atoms. The predicted molar refractivity (Wildman–Crippen MR) is 75.6 cm³/mol. The van der Waals surface area contributed by atoms with E-state index in [1.165, 1.54) is 17.7 Å². The van der Waals surface area contributed by atoms with Crippen LogP contribution in [0.25, 0.3) is 0 Å². The van der Waals surface area contributed by atoms with Gasteiger partial charge in [-0.25, -0.2) is 0 Å². The van der Waals surface area contributed by atoms with Gasteiger partial charge in [-0.3, -0.25) is 0 Å². The second kappa shape index (κ2) is 7.85.